The van der Waals surface area contributed by atoms with E-state index in [1.165, 1.54) is 24.3 Å². The average Bonchev–Trinajstić information content (AvgIpc) is 3.04. The summed E-state index contributed by atoms with van der Waals surface area (Å²) >= 11 is 0. The van der Waals surface area contributed by atoms with Crippen molar-refractivity contribution < 1.29 is 59.2 Å². The highest BCUT2D eigenvalue weighted by Crippen LogP contribution is 2.16. The number of hydroxylamine groups is 2. The fourth-order valence-electron chi connectivity index (χ4n) is 4.39. The number of aromatic hydroxyl groups is 1. The van der Waals surface area contributed by atoms with Crippen molar-refractivity contribution in [3.63, 3.8) is 0 Å². The second kappa shape index (κ2) is 18.8. The molecule has 19 heteroatoms. The van der Waals surface area contributed by atoms with E-state index in [9.17, 15) is 54.1 Å². The minimum absolute atomic E-state index is 0.0175. The number of hydrazine groups is 1. The molecule has 0 aromatic heterocycles. The highest BCUT2D eigenvalue weighted by Gasteiger charge is 2.37. The Balaban J connectivity index is 2.17. The van der Waals surface area contributed by atoms with Crippen molar-refractivity contribution in [2.45, 2.75) is 56.3 Å². The maximum Gasteiger partial charge on any atom is 0.305 e. The second-order valence-corrected chi connectivity index (χ2v) is 10.2. The Labute approximate surface area is 262 Å². The first-order chi connectivity index (χ1) is 21.9. The summed E-state index contributed by atoms with van der Waals surface area (Å²) in [7, 11) is 0. The van der Waals surface area contributed by atoms with Gasteiger partial charge in [-0.15, -0.1) is 0 Å². The van der Waals surface area contributed by atoms with Crippen LogP contribution in [-0.2, 0) is 28.8 Å². The molecule has 0 aliphatic carbocycles. The second-order valence-electron chi connectivity index (χ2n) is 10.2. The number of aliphatic hydroxyl groups is 2. The van der Waals surface area contributed by atoms with Gasteiger partial charge >= 0.3 is 5.97 Å². The van der Waals surface area contributed by atoms with Crippen molar-refractivity contribution in [1.29, 1.82) is 0 Å². The molecular weight excluding hydrogens is 614 g/mol. The summed E-state index contributed by atoms with van der Waals surface area (Å²) in [5.74, 6) is -6.04. The number of phenols is 1. The Bertz CT molecular complexity index is 1250. The third kappa shape index (κ3) is 11.3. The summed E-state index contributed by atoms with van der Waals surface area (Å²) in [5, 5.41) is 58.2. The molecule has 0 spiro atoms. The number of amides is 6. The molecule has 1 fully saturated rings. The Morgan fingerprint density at radius 3 is 2.24 bits per heavy atom. The van der Waals surface area contributed by atoms with E-state index in [0.29, 0.717) is 11.5 Å². The number of aliphatic hydroxyl groups excluding tert-OH is 2. The monoisotopic (exact) mass is 653 g/mol. The van der Waals surface area contributed by atoms with Gasteiger partial charge < -0.3 is 41.7 Å². The molecule has 4 atom stereocenters. The molecule has 2 rings (SSSR count). The summed E-state index contributed by atoms with van der Waals surface area (Å²) in [6, 6.07) is -0.362. The number of phenolic OH excluding ortho intramolecular Hbond substituents is 1. The molecule has 1 aliphatic heterocycles. The summed E-state index contributed by atoms with van der Waals surface area (Å²) in [5.41, 5.74) is 2.59. The van der Waals surface area contributed by atoms with Crippen molar-refractivity contribution in [2.24, 2.45) is 0 Å². The lowest BCUT2D eigenvalue weighted by Gasteiger charge is -2.37. The zero-order valence-electron chi connectivity index (χ0n) is 24.8. The molecule has 0 radical (unpaired) electrons. The molecule has 46 heavy (non-hydrogen) atoms. The number of nitrogens with one attached hydrogen (secondary N) is 5. The van der Waals surface area contributed by atoms with Crippen LogP contribution in [0.4, 0.5) is 0 Å². The van der Waals surface area contributed by atoms with Gasteiger partial charge in [0, 0.05) is 19.6 Å². The maximum atomic E-state index is 13.6. The van der Waals surface area contributed by atoms with E-state index in [2.05, 4.69) is 26.7 Å². The molecule has 1 saturated heterocycles. The van der Waals surface area contributed by atoms with Gasteiger partial charge in [-0.05, 0) is 37.8 Å². The average molecular weight is 654 g/mol. The molecule has 1 aliphatic rings. The van der Waals surface area contributed by atoms with Crippen LogP contribution in [0, 0.1) is 0 Å². The predicted molar refractivity (Wildman–Crippen MR) is 154 cm³/mol. The topological polar surface area (TPSA) is 287 Å². The normalized spacial score (nSPS) is 16.2. The lowest BCUT2D eigenvalue weighted by atomic mass is 10.0. The number of carbonyl (C=O) groups excluding carboxylic acids is 6. The number of carboxylic acid groups (broad SMARTS) is 1. The number of hydrogen-bond donors (Lipinski definition) is 10. The fraction of sp³-hybridized carbons (Fsp3) is 0.519. The minimum Gasteiger partial charge on any atom is -0.507 e. The number of carbonyl (C=O) groups is 7. The number of benzene rings is 1. The van der Waals surface area contributed by atoms with Crippen LogP contribution in [0.25, 0.3) is 0 Å². The Hall–Kier alpha value is -4.85. The van der Waals surface area contributed by atoms with Gasteiger partial charge in [-0.3, -0.25) is 43.8 Å². The van der Waals surface area contributed by atoms with Crippen molar-refractivity contribution >= 4 is 41.9 Å². The zero-order valence-corrected chi connectivity index (χ0v) is 24.8. The van der Waals surface area contributed by atoms with Crippen molar-refractivity contribution in [3.05, 3.63) is 29.8 Å². The lowest BCUT2D eigenvalue weighted by molar-refractivity contribution is -0.151. The van der Waals surface area contributed by atoms with Gasteiger partial charge in [-0.25, -0.2) is 10.5 Å². The first kappa shape index (κ1) is 37.3. The number of para-hydroxylation sites is 1. The number of aliphatic carboxylic acids is 1. The smallest absolute Gasteiger partial charge is 0.305 e. The maximum absolute atomic E-state index is 13.6. The quantitative estimate of drug-likeness (QED) is 0.0413. The summed E-state index contributed by atoms with van der Waals surface area (Å²) in [6.07, 6.45) is 0.280. The molecule has 1 aromatic carbocycles. The van der Waals surface area contributed by atoms with Gasteiger partial charge in [0.1, 0.15) is 29.9 Å². The highest BCUT2D eigenvalue weighted by atomic mass is 16.5. The van der Waals surface area contributed by atoms with E-state index in [0.717, 1.165) is 5.01 Å². The van der Waals surface area contributed by atoms with Gasteiger partial charge in [-0.2, -0.15) is 0 Å². The van der Waals surface area contributed by atoms with Crippen LogP contribution in [0.3, 0.4) is 0 Å². The molecule has 0 saturated carbocycles. The molecule has 254 valence electrons. The van der Waals surface area contributed by atoms with Crippen LogP contribution < -0.4 is 26.7 Å². The van der Waals surface area contributed by atoms with E-state index in [4.69, 9.17) is 5.11 Å². The Morgan fingerprint density at radius 2 is 1.63 bits per heavy atom. The van der Waals surface area contributed by atoms with Crippen molar-refractivity contribution in [1.82, 2.24) is 36.8 Å². The van der Waals surface area contributed by atoms with Crippen molar-refractivity contribution in [2.75, 3.05) is 32.8 Å². The third-order valence-electron chi connectivity index (χ3n) is 6.81. The number of hydrogen-bond acceptors (Lipinski definition) is 12. The van der Waals surface area contributed by atoms with E-state index in [1.54, 1.807) is 0 Å². The number of rotatable bonds is 18. The fourth-order valence-corrected chi connectivity index (χ4v) is 4.39. The van der Waals surface area contributed by atoms with Crippen molar-refractivity contribution in [3.8, 4) is 5.75 Å². The zero-order chi connectivity index (χ0) is 34.2. The molecule has 10 N–H and O–H groups in total. The summed E-state index contributed by atoms with van der Waals surface area (Å²) in [6.45, 7) is -2.03. The molecule has 1 heterocycles. The molecule has 6 amide bonds. The Morgan fingerprint density at radius 1 is 1.00 bits per heavy atom. The number of nitrogens with zero attached hydrogens (tertiary/aromatic N) is 2. The summed E-state index contributed by atoms with van der Waals surface area (Å²) in [4.78, 5) is 86.5. The minimum atomic E-state index is -1.69. The molecule has 1 aromatic rings. The largest absolute Gasteiger partial charge is 0.507 e. The molecule has 0 bridgehead atoms. The van der Waals surface area contributed by atoms with Crippen LogP contribution in [0.1, 0.15) is 42.5 Å². The highest BCUT2D eigenvalue weighted by molar-refractivity contribution is 6.00. The van der Waals surface area contributed by atoms with Gasteiger partial charge in [0.2, 0.25) is 24.1 Å². The standard InChI is InChI=1S/C27H39N7O12/c35-13-18(31-23(41)16-5-1-2-8-21(16)38)25(43)32-19(14-36)24(42)30-17(6-4-12-33(46)15-37)27(45)34-20(7-3-10-29-34)26(44)28-11-9-22(39)40/h1-2,5,8,15,17-20,29,35-36,38,46H,3-4,6-7,9-14H2,(H,28,44)(H,30,42)(H,31,41)(H,32,43)(H,39,40). The first-order valence-corrected chi connectivity index (χ1v) is 14.3. The molecular formula is C27H39N7O12. The van der Waals surface area contributed by atoms with Gasteiger partial charge in [0.15, 0.2) is 0 Å². The SMILES string of the molecule is O=CN(O)CCCC(NC(=O)C(CO)NC(=O)C(CO)NC(=O)c1ccccc1O)C(=O)N1NCCCC1C(=O)NCCC(=O)O. The van der Waals surface area contributed by atoms with Gasteiger partial charge in [0.25, 0.3) is 11.8 Å². The van der Waals surface area contributed by atoms with Crippen LogP contribution in [0.15, 0.2) is 24.3 Å². The van der Waals surface area contributed by atoms with E-state index >= 15 is 0 Å². The van der Waals surface area contributed by atoms with Gasteiger partial charge in [-0.1, -0.05) is 12.1 Å². The lowest BCUT2D eigenvalue weighted by Crippen LogP contribution is -2.64. The third-order valence-corrected chi connectivity index (χ3v) is 6.81. The predicted octanol–water partition coefficient (Wildman–Crippen LogP) is -3.84. The molecule has 19 nitrogen and oxygen atoms in total. The summed E-state index contributed by atoms with van der Waals surface area (Å²) < 4.78 is 0. The van der Waals surface area contributed by atoms with Crippen LogP contribution in [0.5, 0.6) is 5.75 Å². The number of carboxylic acids is 1. The Kier molecular flexibility index (Phi) is 15.3. The van der Waals surface area contributed by atoms with Gasteiger partial charge in [0.05, 0.1) is 25.2 Å². The van der Waals surface area contributed by atoms with E-state index in [1.807, 2.05) is 0 Å². The van der Waals surface area contributed by atoms with Crippen LogP contribution >= 0.6 is 0 Å². The van der Waals surface area contributed by atoms with E-state index in [-0.39, 0.29) is 63.0 Å². The van der Waals surface area contributed by atoms with Crippen LogP contribution in [0.2, 0.25) is 0 Å². The van der Waals surface area contributed by atoms with Crippen LogP contribution in [-0.4, -0.2) is 135 Å². The van der Waals surface area contributed by atoms with E-state index < -0.39 is 72.9 Å². The first-order valence-electron chi connectivity index (χ1n) is 14.3. The molecule has 4 unspecified atom stereocenters.